The average Bonchev–Trinajstić information content (AvgIpc) is 2.89. The Labute approximate surface area is 152 Å². The van der Waals surface area contributed by atoms with Crippen LogP contribution in [-0.2, 0) is 0 Å². The smallest absolute Gasteiger partial charge is 0.0327 e. The quantitative estimate of drug-likeness (QED) is 0.417. The molecule has 0 amide bonds. The molecule has 0 aromatic rings. The molecule has 1 saturated heterocycles. The molecule has 2 heteroatoms. The van der Waals surface area contributed by atoms with E-state index >= 15 is 0 Å². The first-order valence-electron chi connectivity index (χ1n) is 9.47. The van der Waals surface area contributed by atoms with E-state index < -0.39 is 0 Å². The normalized spacial score (nSPS) is 50.9. The van der Waals surface area contributed by atoms with E-state index in [9.17, 15) is 0 Å². The zero-order valence-corrected chi connectivity index (χ0v) is 18.0. The molecule has 2 saturated carbocycles. The highest BCUT2D eigenvalue weighted by Crippen LogP contribution is 2.80. The molecule has 0 radical (unpaired) electrons. The second-order valence-electron chi connectivity index (χ2n) is 9.88. The van der Waals surface area contributed by atoms with Crippen molar-refractivity contribution in [2.75, 3.05) is 0 Å². The van der Waals surface area contributed by atoms with Crippen molar-refractivity contribution in [2.45, 2.75) is 90.3 Å². The summed E-state index contributed by atoms with van der Waals surface area (Å²) in [5.74, 6) is 3.82. The highest BCUT2D eigenvalue weighted by molar-refractivity contribution is 14.1. The number of fused-ring (bicyclic) bond motifs is 2. The first-order chi connectivity index (χ1) is 10.1. The summed E-state index contributed by atoms with van der Waals surface area (Å²) in [7, 11) is 0. The van der Waals surface area contributed by atoms with E-state index in [1.165, 1.54) is 12.8 Å². The molecule has 7 unspecified atom stereocenters. The summed E-state index contributed by atoms with van der Waals surface area (Å²) in [6.07, 6.45) is 2.88. The molecular weight excluding hydrogens is 381 g/mol. The van der Waals surface area contributed by atoms with Crippen molar-refractivity contribution in [3.05, 3.63) is 0 Å². The van der Waals surface area contributed by atoms with Crippen molar-refractivity contribution in [1.82, 2.24) is 4.90 Å². The number of halogens is 1. The van der Waals surface area contributed by atoms with E-state index in [1.54, 1.807) is 0 Å². The van der Waals surface area contributed by atoms with E-state index in [0.717, 1.165) is 33.6 Å². The lowest BCUT2D eigenvalue weighted by Crippen LogP contribution is -2.56. The molecule has 3 rings (SSSR count). The number of likely N-dealkylation sites (tertiary alicyclic amines) is 1. The van der Waals surface area contributed by atoms with Gasteiger partial charge in [-0.15, -0.1) is 0 Å². The maximum absolute atomic E-state index is 2.87. The van der Waals surface area contributed by atoms with Crippen molar-refractivity contribution >= 4 is 22.6 Å². The molecule has 22 heavy (non-hydrogen) atoms. The Kier molecular flexibility index (Phi) is 4.25. The van der Waals surface area contributed by atoms with Crippen LogP contribution in [0.15, 0.2) is 0 Å². The highest BCUT2D eigenvalue weighted by atomic mass is 127. The first-order valence-corrected chi connectivity index (χ1v) is 10.7. The minimum Gasteiger partial charge on any atom is -0.294 e. The van der Waals surface area contributed by atoms with Gasteiger partial charge in [-0.1, -0.05) is 57.2 Å². The highest BCUT2D eigenvalue weighted by Gasteiger charge is 2.76. The molecular formula is C20H36IN. The number of alkyl halides is 1. The molecule has 0 bridgehead atoms. The fourth-order valence-corrected chi connectivity index (χ4v) is 8.49. The van der Waals surface area contributed by atoms with Crippen LogP contribution in [0.1, 0.15) is 68.2 Å². The Hall–Kier alpha value is 0.690. The summed E-state index contributed by atoms with van der Waals surface area (Å²) in [5, 5.41) is 0. The Balaban J connectivity index is 2.02. The van der Waals surface area contributed by atoms with Crippen LogP contribution in [0.5, 0.6) is 0 Å². The van der Waals surface area contributed by atoms with Gasteiger partial charge in [-0.3, -0.25) is 4.90 Å². The van der Waals surface area contributed by atoms with Gasteiger partial charge in [0.15, 0.2) is 0 Å². The molecule has 0 N–H and O–H groups in total. The summed E-state index contributed by atoms with van der Waals surface area (Å²) in [4.78, 5) is 2.87. The van der Waals surface area contributed by atoms with Crippen LogP contribution < -0.4 is 0 Å². The van der Waals surface area contributed by atoms with Crippen LogP contribution in [0.2, 0.25) is 0 Å². The fourth-order valence-electron chi connectivity index (χ4n) is 6.61. The minimum absolute atomic E-state index is 0.470. The van der Waals surface area contributed by atoms with E-state index in [2.05, 4.69) is 82.9 Å². The van der Waals surface area contributed by atoms with Crippen molar-refractivity contribution in [3.8, 4) is 0 Å². The van der Waals surface area contributed by atoms with Crippen LogP contribution in [0, 0.1) is 34.5 Å². The maximum Gasteiger partial charge on any atom is 0.0327 e. The third kappa shape index (κ3) is 2.11. The van der Waals surface area contributed by atoms with Gasteiger partial charge in [-0.05, 0) is 68.1 Å². The second kappa shape index (κ2) is 5.34. The summed E-state index contributed by atoms with van der Waals surface area (Å²) >= 11 is 2.86. The maximum atomic E-state index is 2.87. The summed E-state index contributed by atoms with van der Waals surface area (Å²) in [5.41, 5.74) is 1.06. The van der Waals surface area contributed by atoms with Crippen LogP contribution in [-0.4, -0.2) is 27.0 Å². The Morgan fingerprint density at radius 1 is 1.05 bits per heavy atom. The molecule has 128 valence electrons. The third-order valence-electron chi connectivity index (χ3n) is 7.84. The lowest BCUT2D eigenvalue weighted by atomic mass is 9.51. The molecule has 2 aliphatic carbocycles. The van der Waals surface area contributed by atoms with Crippen molar-refractivity contribution in [2.24, 2.45) is 34.5 Å². The van der Waals surface area contributed by atoms with Crippen LogP contribution in [0.3, 0.4) is 0 Å². The van der Waals surface area contributed by atoms with Crippen LogP contribution >= 0.6 is 22.6 Å². The molecule has 1 heterocycles. The molecule has 1 nitrogen and oxygen atoms in total. The fraction of sp³-hybridized carbons (Fsp3) is 1.00. The van der Waals surface area contributed by atoms with E-state index in [0.29, 0.717) is 22.9 Å². The van der Waals surface area contributed by atoms with Gasteiger partial charge in [0.2, 0.25) is 0 Å². The monoisotopic (exact) mass is 417 g/mol. The summed E-state index contributed by atoms with van der Waals surface area (Å²) in [6, 6.07) is 2.08. The molecule has 1 aliphatic heterocycles. The van der Waals surface area contributed by atoms with Crippen molar-refractivity contribution < 1.29 is 0 Å². The molecule has 3 aliphatic rings. The molecule has 1 spiro atoms. The average molecular weight is 417 g/mol. The molecule has 7 atom stereocenters. The van der Waals surface area contributed by atoms with Gasteiger partial charge in [0.05, 0.1) is 0 Å². The number of nitrogens with zero attached hydrogens (tertiary/aromatic N) is 1. The topological polar surface area (TPSA) is 3.24 Å². The first kappa shape index (κ1) is 17.5. The predicted molar refractivity (Wildman–Crippen MR) is 104 cm³/mol. The minimum atomic E-state index is 0.470. The van der Waals surface area contributed by atoms with Gasteiger partial charge < -0.3 is 0 Å². The lowest BCUT2D eigenvalue weighted by Gasteiger charge is -2.56. The number of hydrogen-bond acceptors (Lipinski definition) is 1. The Morgan fingerprint density at radius 3 is 2.00 bits per heavy atom. The predicted octanol–water partition coefficient (Wildman–Crippen LogP) is 5.62. The van der Waals surface area contributed by atoms with E-state index in [-0.39, 0.29) is 0 Å². The van der Waals surface area contributed by atoms with Crippen LogP contribution in [0.25, 0.3) is 0 Å². The lowest BCUT2D eigenvalue weighted by molar-refractivity contribution is -0.0329. The van der Waals surface area contributed by atoms with E-state index in [4.69, 9.17) is 0 Å². The zero-order chi connectivity index (χ0) is 16.6. The van der Waals surface area contributed by atoms with Gasteiger partial charge in [0, 0.05) is 22.1 Å². The molecule has 3 fully saturated rings. The van der Waals surface area contributed by atoms with Gasteiger partial charge in [0.1, 0.15) is 0 Å². The largest absolute Gasteiger partial charge is 0.294 e. The van der Waals surface area contributed by atoms with Gasteiger partial charge in [-0.25, -0.2) is 0 Å². The van der Waals surface area contributed by atoms with Gasteiger partial charge in [0.25, 0.3) is 0 Å². The van der Waals surface area contributed by atoms with Crippen molar-refractivity contribution in [1.29, 1.82) is 0 Å². The SMILES string of the molecule is CC(C)C1CC(C)(C)C2(CC3C(C)C32)C(I)C(C)N1C(C)C. The van der Waals surface area contributed by atoms with Crippen molar-refractivity contribution in [3.63, 3.8) is 0 Å². The summed E-state index contributed by atoms with van der Waals surface area (Å²) < 4.78 is 0.789. The molecule has 0 aromatic carbocycles. The van der Waals surface area contributed by atoms with E-state index in [1.807, 2.05) is 0 Å². The third-order valence-corrected chi connectivity index (χ3v) is 10.00. The van der Waals surface area contributed by atoms with Gasteiger partial charge >= 0.3 is 0 Å². The standard InChI is InChI=1S/C20H36IN/c1-11(2)16-10-19(7,8)20(9-15-13(5)17(15)20)18(21)14(6)22(16)12(3)4/h11-18H,9-10H2,1-8H3. The molecule has 0 aromatic heterocycles. The number of rotatable bonds is 2. The Morgan fingerprint density at radius 2 is 1.64 bits per heavy atom. The Bertz CT molecular complexity index is 439. The second-order valence-corrected chi connectivity index (χ2v) is 11.2. The zero-order valence-electron chi connectivity index (χ0n) is 15.9. The summed E-state index contributed by atoms with van der Waals surface area (Å²) in [6.45, 7) is 19.9. The van der Waals surface area contributed by atoms with Crippen LogP contribution in [0.4, 0.5) is 0 Å². The number of hydrogen-bond donors (Lipinski definition) is 0. The van der Waals surface area contributed by atoms with Gasteiger partial charge in [-0.2, -0.15) is 0 Å².